The van der Waals surface area contributed by atoms with Gasteiger partial charge in [-0.2, -0.15) is 0 Å². The standard InChI is InChI=1S/C90H129N3O12.12CH4/c1-7-64-49-67(76-22-10-19-73(64)76)34-31-61-28-25-58(46-61)16-13-43-100-88(97)55(4)103-70-37-40-79(82(94)52-70)85-91-86(80-41-38-71(53-83(80)95)104-56(5)89(98)101-44-14-17-59-26-29-62(47-59)32-35-68-50-65(8-2)74-20-11-23-77(68)74)93-87(92-85)81-42-39-72(54-84(81)96)105-57(6)90(99)102-45-15-18-60-27-30-63(48-60)33-36-69-51-66(9-3)75-21-12-24-78(69)75;;;;;;;;;;;;/h37-42,52-69,73-78,94-96H,7-36,43-51H2,1-6H3;12*1H4. The van der Waals surface area contributed by atoms with Crippen molar-refractivity contribution in [3.05, 3.63) is 54.6 Å². The number of hydrogen-bond donors (Lipinski definition) is 3. The van der Waals surface area contributed by atoms with Gasteiger partial charge < -0.3 is 43.7 Å². The number of carbonyl (C=O) groups excluding carboxylic acids is 3. The van der Waals surface area contributed by atoms with E-state index in [0.717, 1.165) is 127 Å². The van der Waals surface area contributed by atoms with Crippen LogP contribution in [-0.2, 0) is 28.6 Å². The summed E-state index contributed by atoms with van der Waals surface area (Å²) in [7, 11) is 0. The van der Waals surface area contributed by atoms with Crippen LogP contribution in [-0.4, -0.2) is 86.3 Å². The van der Waals surface area contributed by atoms with E-state index < -0.39 is 36.2 Å². The third kappa shape index (κ3) is 27.4. The maximum Gasteiger partial charge on any atom is 0.347 e. The topological polar surface area (TPSA) is 206 Å². The van der Waals surface area contributed by atoms with E-state index in [9.17, 15) is 29.7 Å². The minimum absolute atomic E-state index is 0. The smallest absolute Gasteiger partial charge is 0.347 e. The number of phenols is 3. The molecule has 3 aromatic carbocycles. The van der Waals surface area contributed by atoms with Gasteiger partial charge in [0, 0.05) is 18.2 Å². The summed E-state index contributed by atoms with van der Waals surface area (Å²) in [5, 5.41) is 35.1. The number of hydrogen-bond acceptors (Lipinski definition) is 15. The maximum absolute atomic E-state index is 13.3. The molecule has 9 aliphatic rings. The molecular weight excluding hydrogens is 1460 g/mol. The van der Waals surface area contributed by atoms with Crippen LogP contribution < -0.4 is 14.2 Å². The number of benzene rings is 3. The zero-order valence-electron chi connectivity index (χ0n) is 64.8. The van der Waals surface area contributed by atoms with Crippen LogP contribution in [0.25, 0.3) is 34.2 Å². The van der Waals surface area contributed by atoms with Crippen molar-refractivity contribution in [3.63, 3.8) is 0 Å². The van der Waals surface area contributed by atoms with E-state index in [4.69, 9.17) is 43.4 Å². The van der Waals surface area contributed by atoms with Gasteiger partial charge in [-0.1, -0.05) is 206 Å². The fourth-order valence-corrected chi connectivity index (χ4v) is 23.4. The van der Waals surface area contributed by atoms with Crippen molar-refractivity contribution < 1.29 is 58.1 Å². The molecule has 117 heavy (non-hydrogen) atoms. The van der Waals surface area contributed by atoms with Crippen LogP contribution in [0, 0.1) is 107 Å². The first-order chi connectivity index (χ1) is 51.0. The molecule has 15 nitrogen and oxygen atoms in total. The van der Waals surface area contributed by atoms with Crippen molar-refractivity contribution in [1.82, 2.24) is 15.0 Å². The van der Waals surface area contributed by atoms with E-state index >= 15 is 0 Å². The molecule has 0 amide bonds. The Morgan fingerprint density at radius 1 is 0.325 bits per heavy atom. The summed E-state index contributed by atoms with van der Waals surface area (Å²) in [6, 6.07) is 13.6. The molecule has 15 heteroatoms. The molecule has 9 aliphatic carbocycles. The summed E-state index contributed by atoms with van der Waals surface area (Å²) in [6.07, 6.45) is 44.1. The van der Waals surface area contributed by atoms with Crippen LogP contribution in [0.1, 0.15) is 362 Å². The predicted octanol–water partition coefficient (Wildman–Crippen LogP) is 28.9. The van der Waals surface area contributed by atoms with E-state index in [1.165, 1.54) is 211 Å². The van der Waals surface area contributed by atoms with Gasteiger partial charge in [0.2, 0.25) is 0 Å². The lowest BCUT2D eigenvalue weighted by Crippen LogP contribution is -2.26. The molecule has 3 N–H and O–H groups in total. The number of carbonyl (C=O) groups is 3. The van der Waals surface area contributed by atoms with Gasteiger partial charge >= 0.3 is 17.9 Å². The second-order valence-corrected chi connectivity index (χ2v) is 35.2. The first-order valence-electron chi connectivity index (χ1n) is 42.8. The molecule has 0 aliphatic heterocycles. The molecule has 1 aromatic heterocycles. The third-order valence-corrected chi connectivity index (χ3v) is 28.9. The average molecular weight is 1640 g/mol. The van der Waals surface area contributed by atoms with Gasteiger partial charge in [0.05, 0.1) is 36.5 Å². The van der Waals surface area contributed by atoms with E-state index in [2.05, 4.69) is 20.8 Å². The van der Waals surface area contributed by atoms with Gasteiger partial charge in [0.1, 0.15) is 34.5 Å². The molecule has 21 atom stereocenters. The fourth-order valence-electron chi connectivity index (χ4n) is 23.4. The van der Waals surface area contributed by atoms with Crippen LogP contribution in [0.2, 0.25) is 0 Å². The number of ether oxygens (including phenoxy) is 6. The van der Waals surface area contributed by atoms with Gasteiger partial charge in [-0.05, 0) is 299 Å². The highest BCUT2D eigenvalue weighted by molar-refractivity contribution is 5.77. The minimum Gasteiger partial charge on any atom is -0.507 e. The summed E-state index contributed by atoms with van der Waals surface area (Å²) < 4.78 is 35.3. The first-order valence-corrected chi connectivity index (χ1v) is 42.8. The molecule has 1 heterocycles. The minimum atomic E-state index is -0.954. The Kier molecular flexibility index (Phi) is 48.0. The monoisotopic (exact) mass is 1640 g/mol. The predicted molar refractivity (Wildman–Crippen MR) is 491 cm³/mol. The SMILES string of the molecule is C.C.C.C.C.C.C.C.C.C.C.C.CCC1CC(CCC2CCC(CCCOC(=O)C(C)Oc3ccc(-c4nc(-c5ccc(OC(C)C(=O)OCCCC6CCC(CCC7CC(CC)C8CCCC78)C6)cc5O)nc(-c5ccc(OC(C)C(=O)OCCCC6CCC(CCC7CC(CC)C8CCCC78)C6)cc5O)n4)c(O)c3)C2)C2CCCC12. The molecule has 21 unspecified atom stereocenters. The Balaban J connectivity index is 0.00000570. The maximum atomic E-state index is 13.3. The normalized spacial score (nSPS) is 27.9. The highest BCUT2D eigenvalue weighted by Crippen LogP contribution is 2.57. The van der Waals surface area contributed by atoms with E-state index in [1.54, 1.807) is 57.2 Å². The van der Waals surface area contributed by atoms with Gasteiger partial charge in [-0.15, -0.1) is 0 Å². The summed E-state index contributed by atoms with van der Waals surface area (Å²) >= 11 is 0. The van der Waals surface area contributed by atoms with Crippen LogP contribution in [0.15, 0.2) is 54.6 Å². The molecule has 9 saturated carbocycles. The molecule has 13 rings (SSSR count). The molecule has 672 valence electrons. The van der Waals surface area contributed by atoms with Crippen LogP contribution >= 0.6 is 0 Å². The third-order valence-electron chi connectivity index (χ3n) is 28.9. The molecule has 0 bridgehead atoms. The lowest BCUT2D eigenvalue weighted by molar-refractivity contribution is -0.152. The van der Waals surface area contributed by atoms with Gasteiger partial charge in [-0.25, -0.2) is 29.3 Å². The largest absolute Gasteiger partial charge is 0.507 e. The van der Waals surface area contributed by atoms with Gasteiger partial charge in [-0.3, -0.25) is 0 Å². The summed E-state index contributed by atoms with van der Waals surface area (Å²) in [6.45, 7) is 13.0. The molecule has 0 radical (unpaired) electrons. The zero-order valence-corrected chi connectivity index (χ0v) is 64.8. The average Bonchev–Trinajstić information content (AvgIpc) is 1.77. The molecular formula is C102H177N3O12. The van der Waals surface area contributed by atoms with Crippen molar-refractivity contribution in [3.8, 4) is 68.7 Å². The highest BCUT2D eigenvalue weighted by Gasteiger charge is 2.47. The number of nitrogens with zero attached hydrogens (tertiary/aromatic N) is 3. The number of rotatable bonds is 36. The number of phenolic OH excluding ortho intramolecular Hbond substituents is 3. The number of aromatic hydroxyl groups is 3. The van der Waals surface area contributed by atoms with Crippen LogP contribution in [0.4, 0.5) is 0 Å². The first kappa shape index (κ1) is 109. The second kappa shape index (κ2) is 51.6. The van der Waals surface area contributed by atoms with Crippen molar-refractivity contribution in [2.45, 2.75) is 380 Å². The van der Waals surface area contributed by atoms with Crippen molar-refractivity contribution in [1.29, 1.82) is 0 Å². The van der Waals surface area contributed by atoms with Crippen LogP contribution in [0.5, 0.6) is 34.5 Å². The number of aromatic nitrogens is 3. The Hall–Kier alpha value is -6.12. The Morgan fingerprint density at radius 3 is 0.786 bits per heavy atom. The highest BCUT2D eigenvalue weighted by atomic mass is 16.6. The number of fused-ring (bicyclic) bond motifs is 3. The van der Waals surface area contributed by atoms with Gasteiger partial charge in [0.15, 0.2) is 35.8 Å². The number of esters is 3. The quantitative estimate of drug-likeness (QED) is 0.0220. The molecule has 0 saturated heterocycles. The van der Waals surface area contributed by atoms with E-state index in [0.29, 0.717) is 37.6 Å². The summed E-state index contributed by atoms with van der Waals surface area (Å²) in [5.74, 6) is 14.5. The fraction of sp³-hybridized carbons (Fsp3) is 0.765. The molecule has 4 aromatic rings. The van der Waals surface area contributed by atoms with Crippen molar-refractivity contribution >= 4 is 17.9 Å². The Labute approximate surface area is 716 Å². The van der Waals surface area contributed by atoms with Crippen LogP contribution in [0.3, 0.4) is 0 Å². The summed E-state index contributed by atoms with van der Waals surface area (Å²) in [4.78, 5) is 54.2. The lowest BCUT2D eigenvalue weighted by atomic mass is 9.85. The Morgan fingerprint density at radius 2 is 0.556 bits per heavy atom. The van der Waals surface area contributed by atoms with E-state index in [1.807, 2.05) is 0 Å². The zero-order chi connectivity index (χ0) is 73.1. The van der Waals surface area contributed by atoms with E-state index in [-0.39, 0.29) is 158 Å². The van der Waals surface area contributed by atoms with Crippen molar-refractivity contribution in [2.24, 2.45) is 107 Å². The Bertz CT molecular complexity index is 3140. The summed E-state index contributed by atoms with van der Waals surface area (Å²) in [5.41, 5.74) is 0.511. The van der Waals surface area contributed by atoms with Crippen molar-refractivity contribution in [2.75, 3.05) is 19.8 Å². The second-order valence-electron chi connectivity index (χ2n) is 35.2. The lowest BCUT2D eigenvalue weighted by Gasteiger charge is -2.20. The van der Waals surface area contributed by atoms with Gasteiger partial charge in [0.25, 0.3) is 0 Å². The molecule has 0 spiro atoms. The molecule has 9 fully saturated rings.